The fourth-order valence-electron chi connectivity index (χ4n) is 1.00. The molecule has 1 unspecified atom stereocenters. The molecule has 1 atom stereocenters. The highest BCUT2D eigenvalue weighted by molar-refractivity contribution is 9.09. The second-order valence-corrected chi connectivity index (χ2v) is 6.62. The Balaban J connectivity index is 2.80. The average molecular weight is 321 g/mol. The van der Waals surface area contributed by atoms with E-state index in [1.54, 1.807) is 0 Å². The standard InChI is InChI=1S/C10H13BrN2O3S/c1-6(11)10(2,3)12-9(14)7-4-5-8(17-7)13(15)16/h4-6H,1-3H3,(H,12,14). The van der Waals surface area contributed by atoms with Crippen molar-refractivity contribution in [2.75, 3.05) is 0 Å². The number of carbonyl (C=O) groups excluding carboxylic acids is 1. The van der Waals surface area contributed by atoms with Gasteiger partial charge in [0.05, 0.1) is 9.80 Å². The van der Waals surface area contributed by atoms with Crippen molar-refractivity contribution < 1.29 is 9.72 Å². The molecule has 1 aromatic rings. The van der Waals surface area contributed by atoms with Gasteiger partial charge in [-0.15, -0.1) is 0 Å². The average Bonchev–Trinajstić information content (AvgIpc) is 2.65. The second kappa shape index (κ2) is 5.14. The van der Waals surface area contributed by atoms with Crippen LogP contribution in [0.4, 0.5) is 5.00 Å². The highest BCUT2D eigenvalue weighted by Gasteiger charge is 2.27. The maximum Gasteiger partial charge on any atom is 0.324 e. The number of nitro groups is 1. The van der Waals surface area contributed by atoms with Crippen molar-refractivity contribution in [3.05, 3.63) is 27.1 Å². The number of rotatable bonds is 4. The summed E-state index contributed by atoms with van der Waals surface area (Å²) < 4.78 is 0. The molecule has 1 amide bonds. The molecule has 0 radical (unpaired) electrons. The zero-order chi connectivity index (χ0) is 13.2. The fourth-order valence-corrected chi connectivity index (χ4v) is 1.83. The van der Waals surface area contributed by atoms with Gasteiger partial charge >= 0.3 is 5.00 Å². The fraction of sp³-hybridized carbons (Fsp3) is 0.500. The number of halogens is 1. The van der Waals surface area contributed by atoms with Crippen LogP contribution in [0.25, 0.3) is 0 Å². The Hall–Kier alpha value is -0.950. The zero-order valence-electron chi connectivity index (χ0n) is 9.69. The summed E-state index contributed by atoms with van der Waals surface area (Å²) in [5.74, 6) is -0.292. The molecule has 0 aromatic carbocycles. The van der Waals surface area contributed by atoms with Gasteiger partial charge in [0.2, 0.25) is 0 Å². The molecule has 94 valence electrons. The van der Waals surface area contributed by atoms with E-state index in [4.69, 9.17) is 0 Å². The first-order valence-electron chi connectivity index (χ1n) is 4.95. The van der Waals surface area contributed by atoms with Crippen LogP contribution in [0.5, 0.6) is 0 Å². The van der Waals surface area contributed by atoms with Crippen LogP contribution < -0.4 is 5.32 Å². The van der Waals surface area contributed by atoms with Crippen LogP contribution in [-0.2, 0) is 0 Å². The first-order chi connectivity index (χ1) is 7.74. The molecular weight excluding hydrogens is 308 g/mol. The molecular formula is C10H13BrN2O3S. The van der Waals surface area contributed by atoms with E-state index < -0.39 is 10.5 Å². The van der Waals surface area contributed by atoms with E-state index in [1.807, 2.05) is 20.8 Å². The van der Waals surface area contributed by atoms with Gasteiger partial charge in [-0.2, -0.15) is 0 Å². The number of hydrogen-bond acceptors (Lipinski definition) is 4. The second-order valence-electron chi connectivity index (χ2n) is 4.19. The molecule has 0 spiro atoms. The van der Waals surface area contributed by atoms with Gasteiger partial charge in [-0.1, -0.05) is 34.2 Å². The van der Waals surface area contributed by atoms with Crippen molar-refractivity contribution in [3.8, 4) is 0 Å². The van der Waals surface area contributed by atoms with Crippen LogP contribution in [0.3, 0.4) is 0 Å². The molecule has 1 rings (SSSR count). The Kier molecular flexibility index (Phi) is 4.26. The smallest absolute Gasteiger partial charge is 0.324 e. The lowest BCUT2D eigenvalue weighted by Crippen LogP contribution is -2.48. The normalized spacial score (nSPS) is 13.2. The number of amides is 1. The summed E-state index contributed by atoms with van der Waals surface area (Å²) in [5, 5.41) is 13.3. The monoisotopic (exact) mass is 320 g/mol. The van der Waals surface area contributed by atoms with E-state index in [1.165, 1.54) is 12.1 Å². The van der Waals surface area contributed by atoms with Gasteiger partial charge in [0, 0.05) is 16.4 Å². The van der Waals surface area contributed by atoms with Gasteiger partial charge in [-0.05, 0) is 19.9 Å². The summed E-state index contributed by atoms with van der Waals surface area (Å²) in [4.78, 5) is 22.3. The molecule has 1 N–H and O–H groups in total. The molecule has 0 bridgehead atoms. The zero-order valence-corrected chi connectivity index (χ0v) is 12.1. The molecule has 0 fully saturated rings. The molecule has 1 aromatic heterocycles. The van der Waals surface area contributed by atoms with E-state index in [0.29, 0.717) is 4.88 Å². The molecule has 0 aliphatic heterocycles. The Bertz CT molecular complexity index is 443. The summed E-state index contributed by atoms with van der Waals surface area (Å²) in [6, 6.07) is 2.80. The van der Waals surface area contributed by atoms with Gasteiger partial charge in [-0.25, -0.2) is 0 Å². The molecule has 0 saturated carbocycles. The van der Waals surface area contributed by atoms with E-state index in [0.717, 1.165) is 11.3 Å². The van der Waals surface area contributed by atoms with Crippen molar-refractivity contribution in [1.29, 1.82) is 0 Å². The third kappa shape index (κ3) is 3.50. The topological polar surface area (TPSA) is 72.2 Å². The Morgan fingerprint density at radius 3 is 2.59 bits per heavy atom. The maximum atomic E-state index is 11.9. The molecule has 5 nitrogen and oxygen atoms in total. The maximum absolute atomic E-state index is 11.9. The van der Waals surface area contributed by atoms with Gasteiger partial charge in [0.25, 0.3) is 5.91 Å². The first kappa shape index (κ1) is 14.1. The van der Waals surface area contributed by atoms with Crippen molar-refractivity contribution in [1.82, 2.24) is 5.32 Å². The molecule has 7 heteroatoms. The number of nitrogens with one attached hydrogen (secondary N) is 1. The Labute approximate surface area is 111 Å². The van der Waals surface area contributed by atoms with Gasteiger partial charge in [0.1, 0.15) is 0 Å². The van der Waals surface area contributed by atoms with Crippen molar-refractivity contribution in [2.45, 2.75) is 31.1 Å². The lowest BCUT2D eigenvalue weighted by molar-refractivity contribution is -0.380. The van der Waals surface area contributed by atoms with Crippen LogP contribution in [0.15, 0.2) is 12.1 Å². The van der Waals surface area contributed by atoms with Crippen LogP contribution in [0, 0.1) is 10.1 Å². The lowest BCUT2D eigenvalue weighted by atomic mass is 10.0. The highest BCUT2D eigenvalue weighted by Crippen LogP contribution is 2.25. The van der Waals surface area contributed by atoms with Gasteiger partial charge < -0.3 is 5.32 Å². The van der Waals surface area contributed by atoms with E-state index >= 15 is 0 Å². The minimum absolute atomic E-state index is 0.0279. The molecule has 0 saturated heterocycles. The Morgan fingerprint density at radius 1 is 1.59 bits per heavy atom. The summed E-state index contributed by atoms with van der Waals surface area (Å²) in [5.41, 5.74) is -0.421. The summed E-state index contributed by atoms with van der Waals surface area (Å²) in [7, 11) is 0. The lowest BCUT2D eigenvalue weighted by Gasteiger charge is -2.28. The molecule has 1 heterocycles. The minimum Gasteiger partial charge on any atom is -0.345 e. The van der Waals surface area contributed by atoms with Crippen LogP contribution >= 0.6 is 27.3 Å². The van der Waals surface area contributed by atoms with E-state index in [9.17, 15) is 14.9 Å². The van der Waals surface area contributed by atoms with Crippen LogP contribution in [0.1, 0.15) is 30.4 Å². The number of nitrogens with zero attached hydrogens (tertiary/aromatic N) is 1. The number of carbonyl (C=O) groups is 1. The van der Waals surface area contributed by atoms with Gasteiger partial charge in [0.15, 0.2) is 0 Å². The van der Waals surface area contributed by atoms with Gasteiger partial charge in [-0.3, -0.25) is 14.9 Å². The SMILES string of the molecule is CC(Br)C(C)(C)NC(=O)c1ccc([N+](=O)[O-])s1. The molecule has 17 heavy (non-hydrogen) atoms. The summed E-state index contributed by atoms with van der Waals surface area (Å²) in [6.45, 7) is 5.69. The molecule has 0 aliphatic rings. The quantitative estimate of drug-likeness (QED) is 0.526. The molecule has 0 aliphatic carbocycles. The number of alkyl halides is 1. The van der Waals surface area contributed by atoms with Crippen molar-refractivity contribution in [3.63, 3.8) is 0 Å². The minimum atomic E-state index is -0.500. The largest absolute Gasteiger partial charge is 0.345 e. The third-order valence-corrected chi connectivity index (χ3v) is 4.61. The predicted molar refractivity (Wildman–Crippen MR) is 70.9 cm³/mol. The van der Waals surface area contributed by atoms with Crippen molar-refractivity contribution >= 4 is 38.2 Å². The van der Waals surface area contributed by atoms with E-state index in [2.05, 4.69) is 21.2 Å². The number of thiophene rings is 1. The third-order valence-electron chi connectivity index (χ3n) is 2.43. The van der Waals surface area contributed by atoms with E-state index in [-0.39, 0.29) is 15.7 Å². The Morgan fingerprint density at radius 2 is 2.18 bits per heavy atom. The summed E-state index contributed by atoms with van der Waals surface area (Å²) >= 11 is 4.28. The predicted octanol–water partition coefficient (Wildman–Crippen LogP) is 2.95. The first-order valence-corrected chi connectivity index (χ1v) is 6.68. The van der Waals surface area contributed by atoms with Crippen LogP contribution in [0.2, 0.25) is 0 Å². The number of hydrogen-bond donors (Lipinski definition) is 1. The van der Waals surface area contributed by atoms with Crippen molar-refractivity contribution in [2.24, 2.45) is 0 Å². The highest BCUT2D eigenvalue weighted by atomic mass is 79.9. The van der Waals surface area contributed by atoms with Crippen LogP contribution in [-0.4, -0.2) is 21.2 Å². The summed E-state index contributed by atoms with van der Waals surface area (Å²) in [6.07, 6.45) is 0.